The van der Waals surface area contributed by atoms with Crippen molar-refractivity contribution >= 4 is 21.9 Å². The van der Waals surface area contributed by atoms with Crippen LogP contribution in [-0.4, -0.2) is 77.0 Å². The molecule has 0 radical (unpaired) electrons. The Labute approximate surface area is 171 Å². The lowest BCUT2D eigenvalue weighted by molar-refractivity contribution is -0.192. The first kappa shape index (κ1) is 22.7. The van der Waals surface area contributed by atoms with Gasteiger partial charge in [-0.15, -0.1) is 0 Å². The summed E-state index contributed by atoms with van der Waals surface area (Å²) in [6.45, 7) is 2.52. The van der Waals surface area contributed by atoms with Gasteiger partial charge < -0.3 is 15.2 Å². The van der Waals surface area contributed by atoms with Gasteiger partial charge in [0.05, 0.1) is 17.5 Å². The van der Waals surface area contributed by atoms with E-state index in [0.717, 1.165) is 32.2 Å². The topological polar surface area (TPSA) is 122 Å². The highest BCUT2D eigenvalue weighted by molar-refractivity contribution is 7.90. The predicted octanol–water partition coefficient (Wildman–Crippen LogP) is 1.49. The van der Waals surface area contributed by atoms with Gasteiger partial charge in [0.25, 0.3) is 0 Å². The molecule has 3 heterocycles. The molecule has 3 aliphatic rings. The van der Waals surface area contributed by atoms with Gasteiger partial charge in [-0.25, -0.2) is 23.2 Å². The molecule has 0 aromatic carbocycles. The van der Waals surface area contributed by atoms with Gasteiger partial charge in [0.1, 0.15) is 0 Å². The molecule has 2 aliphatic heterocycles. The maximum absolute atomic E-state index is 12.2. The minimum absolute atomic E-state index is 0.119. The fourth-order valence-corrected chi connectivity index (χ4v) is 5.29. The number of sulfonamides is 1. The molecule has 0 bridgehead atoms. The maximum Gasteiger partial charge on any atom is 0.490 e. The van der Waals surface area contributed by atoms with Crippen LogP contribution in [0.25, 0.3) is 0 Å². The fourth-order valence-electron chi connectivity index (χ4n) is 3.31. The Kier molecular flexibility index (Phi) is 6.53. The molecule has 1 aliphatic carbocycles. The van der Waals surface area contributed by atoms with Crippen LogP contribution in [0.5, 0.6) is 0 Å². The van der Waals surface area contributed by atoms with Gasteiger partial charge in [-0.3, -0.25) is 0 Å². The second-order valence-electron chi connectivity index (χ2n) is 7.67. The molecule has 2 N–H and O–H groups in total. The lowest BCUT2D eigenvalue weighted by Gasteiger charge is -2.52. The van der Waals surface area contributed by atoms with Crippen molar-refractivity contribution in [3.8, 4) is 0 Å². The Morgan fingerprint density at radius 2 is 1.87 bits per heavy atom. The third-order valence-corrected chi connectivity index (χ3v) is 7.52. The highest BCUT2D eigenvalue weighted by atomic mass is 32.2. The largest absolute Gasteiger partial charge is 0.490 e. The summed E-state index contributed by atoms with van der Waals surface area (Å²) in [5.74, 6) is -1.70. The zero-order valence-corrected chi connectivity index (χ0v) is 16.8. The molecule has 1 atom stereocenters. The number of halogens is 3. The molecule has 2 saturated heterocycles. The number of nitrogens with one attached hydrogen (secondary N) is 1. The van der Waals surface area contributed by atoms with E-state index in [9.17, 15) is 21.6 Å². The molecule has 1 unspecified atom stereocenters. The van der Waals surface area contributed by atoms with E-state index in [1.807, 2.05) is 0 Å². The number of hydrogen-bond donors (Lipinski definition) is 2. The van der Waals surface area contributed by atoms with E-state index in [1.165, 1.54) is 0 Å². The predicted molar refractivity (Wildman–Crippen MR) is 99.1 cm³/mol. The molecule has 3 fully saturated rings. The van der Waals surface area contributed by atoms with Gasteiger partial charge in [0.2, 0.25) is 16.0 Å². The van der Waals surface area contributed by atoms with Gasteiger partial charge in [-0.2, -0.15) is 17.5 Å². The summed E-state index contributed by atoms with van der Waals surface area (Å²) in [4.78, 5) is 17.2. The quantitative estimate of drug-likeness (QED) is 0.689. The average Bonchev–Trinajstić information content (AvgIpc) is 3.51. The number of ether oxygens (including phenoxy) is 1. The summed E-state index contributed by atoms with van der Waals surface area (Å²) in [6.07, 6.45) is 1.95. The highest BCUT2D eigenvalue weighted by Crippen LogP contribution is 2.41. The molecule has 30 heavy (non-hydrogen) atoms. The summed E-state index contributed by atoms with van der Waals surface area (Å²) in [7, 11) is -3.04. The molecule has 1 saturated carbocycles. The van der Waals surface area contributed by atoms with E-state index >= 15 is 0 Å². The van der Waals surface area contributed by atoms with Crippen molar-refractivity contribution in [3.05, 3.63) is 18.5 Å². The molecule has 1 aromatic heterocycles. The monoisotopic (exact) mass is 452 g/mol. The second-order valence-corrected chi connectivity index (χ2v) is 9.88. The fraction of sp³-hybridized carbons (Fsp3) is 0.706. The van der Waals surface area contributed by atoms with Crippen molar-refractivity contribution in [2.24, 2.45) is 5.92 Å². The molecular weight excluding hydrogens is 429 g/mol. The molecule has 1 spiro atoms. The maximum atomic E-state index is 12.2. The van der Waals surface area contributed by atoms with E-state index in [1.54, 1.807) is 22.8 Å². The van der Waals surface area contributed by atoms with Crippen LogP contribution in [-0.2, 0) is 19.6 Å². The molecule has 9 nitrogen and oxygen atoms in total. The first-order valence-corrected chi connectivity index (χ1v) is 11.0. The normalized spacial score (nSPS) is 23.8. The summed E-state index contributed by atoms with van der Waals surface area (Å²) >= 11 is 0. The van der Waals surface area contributed by atoms with Crippen molar-refractivity contribution in [3.63, 3.8) is 0 Å². The van der Waals surface area contributed by atoms with Crippen LogP contribution in [0.3, 0.4) is 0 Å². The summed E-state index contributed by atoms with van der Waals surface area (Å²) < 4.78 is 63.7. The minimum atomic E-state index is -5.08. The molecule has 1 aromatic rings. The number of carbonyl (C=O) groups is 1. The van der Waals surface area contributed by atoms with E-state index in [0.29, 0.717) is 31.6 Å². The Bertz CT molecular complexity index is 833. The van der Waals surface area contributed by atoms with E-state index < -0.39 is 22.2 Å². The van der Waals surface area contributed by atoms with Crippen molar-refractivity contribution in [2.75, 3.05) is 31.6 Å². The number of aromatic nitrogens is 2. The minimum Gasteiger partial charge on any atom is -0.475 e. The van der Waals surface area contributed by atoms with Gasteiger partial charge >= 0.3 is 12.1 Å². The Morgan fingerprint density at radius 3 is 2.33 bits per heavy atom. The van der Waals surface area contributed by atoms with Gasteiger partial charge in [0.15, 0.2) is 0 Å². The van der Waals surface area contributed by atoms with Crippen LogP contribution < -0.4 is 5.32 Å². The van der Waals surface area contributed by atoms with Crippen molar-refractivity contribution < 1.29 is 36.2 Å². The number of carboxylic acid groups (broad SMARTS) is 1. The van der Waals surface area contributed by atoms with Crippen LogP contribution in [0.2, 0.25) is 0 Å². The number of hydrogen-bond acceptors (Lipinski definition) is 7. The standard InChI is InChI=1S/C15H22N4O3S.C2HF3O2/c20-23(21,13-2-3-13)19-10-15(11-19)5-4-12(9-22-15)8-18-14-16-6-1-7-17-14;3-2(4,5)1(6)7/h1,6-7,12-13H,2-5,8-11H2,(H,16,17,18);(H,6,7). The van der Waals surface area contributed by atoms with E-state index in [2.05, 4.69) is 15.3 Å². The Hall–Kier alpha value is -1.99. The first-order valence-electron chi connectivity index (χ1n) is 9.46. The van der Waals surface area contributed by atoms with Crippen LogP contribution in [0.15, 0.2) is 18.5 Å². The van der Waals surface area contributed by atoms with Crippen LogP contribution >= 0.6 is 0 Å². The zero-order chi connectivity index (χ0) is 22.0. The van der Waals surface area contributed by atoms with Crippen molar-refractivity contribution in [1.29, 1.82) is 0 Å². The Balaban J connectivity index is 0.000000318. The second kappa shape index (κ2) is 8.63. The molecule has 13 heteroatoms. The van der Waals surface area contributed by atoms with Crippen LogP contribution in [0.1, 0.15) is 25.7 Å². The number of alkyl halides is 3. The number of aliphatic carboxylic acids is 1. The zero-order valence-electron chi connectivity index (χ0n) is 16.0. The molecular formula is C17H23F3N4O5S. The summed E-state index contributed by atoms with van der Waals surface area (Å²) in [5.41, 5.74) is -0.234. The number of rotatable bonds is 5. The molecule has 168 valence electrons. The Morgan fingerprint density at radius 1 is 1.27 bits per heavy atom. The van der Waals surface area contributed by atoms with Crippen molar-refractivity contribution in [2.45, 2.75) is 42.7 Å². The van der Waals surface area contributed by atoms with Crippen molar-refractivity contribution in [1.82, 2.24) is 14.3 Å². The smallest absolute Gasteiger partial charge is 0.475 e. The van der Waals surface area contributed by atoms with Crippen LogP contribution in [0, 0.1) is 5.92 Å². The lowest BCUT2D eigenvalue weighted by Crippen LogP contribution is -2.66. The number of carboxylic acids is 1. The van der Waals surface area contributed by atoms with Gasteiger partial charge in [-0.05, 0) is 37.7 Å². The van der Waals surface area contributed by atoms with E-state index in [-0.39, 0.29) is 10.9 Å². The van der Waals surface area contributed by atoms with Gasteiger partial charge in [-0.1, -0.05) is 0 Å². The number of nitrogens with zero attached hydrogens (tertiary/aromatic N) is 3. The van der Waals surface area contributed by atoms with E-state index in [4.69, 9.17) is 14.6 Å². The van der Waals surface area contributed by atoms with Gasteiger partial charge in [0, 0.05) is 32.0 Å². The number of anilines is 1. The summed E-state index contributed by atoms with van der Waals surface area (Å²) in [5, 5.41) is 10.2. The summed E-state index contributed by atoms with van der Waals surface area (Å²) in [6, 6.07) is 1.79. The highest BCUT2D eigenvalue weighted by Gasteiger charge is 2.54. The lowest BCUT2D eigenvalue weighted by atomic mass is 9.84. The third kappa shape index (κ3) is 5.58. The molecule has 0 amide bonds. The van der Waals surface area contributed by atoms with Crippen LogP contribution in [0.4, 0.5) is 19.1 Å². The third-order valence-electron chi connectivity index (χ3n) is 5.23. The SMILES string of the molecule is O=C(O)C(F)(F)F.O=S(=O)(C1CC1)N1CC2(CCC(CNc3ncccn3)CO2)C1. The average molecular weight is 452 g/mol. The first-order chi connectivity index (χ1) is 14.0. The molecule has 4 rings (SSSR count).